The summed E-state index contributed by atoms with van der Waals surface area (Å²) in [7, 11) is 1.50. The maximum Gasteiger partial charge on any atom is 0.352 e. The summed E-state index contributed by atoms with van der Waals surface area (Å²) >= 11 is 0. The van der Waals surface area contributed by atoms with E-state index in [2.05, 4.69) is 4.98 Å². The predicted molar refractivity (Wildman–Crippen MR) is 145 cm³/mol. The molecule has 10 heteroatoms. The Morgan fingerprint density at radius 3 is 1.98 bits per heavy atom. The summed E-state index contributed by atoms with van der Waals surface area (Å²) in [6.07, 6.45) is -4.21. The van der Waals surface area contributed by atoms with E-state index >= 15 is 4.39 Å². The zero-order valence-corrected chi connectivity index (χ0v) is 21.9. The van der Waals surface area contributed by atoms with Crippen LogP contribution in [-0.2, 0) is 15.9 Å². The number of hydrogen-bond acceptors (Lipinski definition) is 8. The number of aliphatic hydroxyl groups excluding tert-OH is 2. The van der Waals surface area contributed by atoms with Gasteiger partial charge in [0, 0.05) is 6.20 Å². The number of methoxy groups -OCH3 is 1. The molecule has 0 saturated carbocycles. The Morgan fingerprint density at radius 1 is 1.00 bits per heavy atom. The third-order valence-corrected chi connectivity index (χ3v) is 7.57. The molecule has 1 fully saturated rings. The Kier molecular flexibility index (Phi) is 6.97. The average Bonchev–Trinajstić information content (AvgIpc) is 3.17. The quantitative estimate of drug-likeness (QED) is 0.259. The van der Waals surface area contributed by atoms with Crippen molar-refractivity contribution in [1.82, 2.24) is 9.55 Å². The fourth-order valence-corrected chi connectivity index (χ4v) is 5.84. The van der Waals surface area contributed by atoms with E-state index in [0.29, 0.717) is 22.4 Å². The lowest BCUT2D eigenvalue weighted by molar-refractivity contribution is -0.281. The number of benzene rings is 3. The first-order valence-electron chi connectivity index (χ1n) is 12.7. The number of nitrogen functional groups attached to an aromatic ring is 1. The Labute approximate surface area is 229 Å². The van der Waals surface area contributed by atoms with Crippen LogP contribution < -0.4 is 16.2 Å². The van der Waals surface area contributed by atoms with Crippen LogP contribution in [0.15, 0.2) is 102 Å². The first-order valence-corrected chi connectivity index (χ1v) is 12.7. The molecular weight excluding hydrogens is 517 g/mol. The van der Waals surface area contributed by atoms with Gasteiger partial charge >= 0.3 is 5.69 Å². The fraction of sp³-hybridized carbons (Fsp3) is 0.267. The molecule has 0 bridgehead atoms. The Hall–Kier alpha value is -4.09. The maximum atomic E-state index is 17.4. The van der Waals surface area contributed by atoms with Gasteiger partial charge in [-0.05, 0) is 41.8 Å². The van der Waals surface area contributed by atoms with Gasteiger partial charge in [-0.25, -0.2) is 9.18 Å². The lowest BCUT2D eigenvalue weighted by Crippen LogP contribution is -2.68. The first-order chi connectivity index (χ1) is 19.1. The second-order valence-corrected chi connectivity index (χ2v) is 9.80. The van der Waals surface area contributed by atoms with Crippen molar-refractivity contribution < 1.29 is 29.2 Å². The van der Waals surface area contributed by atoms with Crippen LogP contribution in [-0.4, -0.2) is 56.1 Å². The minimum atomic E-state index is -3.68. The average molecular weight is 548 g/mol. The number of aromatic nitrogens is 2. The predicted octanol–water partition coefficient (Wildman–Crippen LogP) is 2.32. The third kappa shape index (κ3) is 3.83. The van der Waals surface area contributed by atoms with Gasteiger partial charge in [0.2, 0.25) is 5.72 Å². The normalized spacial score (nSPS) is 25.4. The number of ether oxygens (including phenoxy) is 2. The topological polar surface area (TPSA) is 140 Å². The molecule has 208 valence electrons. The molecule has 1 aliphatic heterocycles. The molecule has 1 aromatic heterocycles. The molecule has 1 saturated heterocycles. The van der Waals surface area contributed by atoms with Gasteiger partial charge in [-0.1, -0.05) is 72.8 Å². The second-order valence-electron chi connectivity index (χ2n) is 9.80. The summed E-state index contributed by atoms with van der Waals surface area (Å²) in [6.45, 7) is 1.30. The van der Waals surface area contributed by atoms with E-state index in [0.717, 1.165) is 10.8 Å². The number of hydrogen-bond donors (Lipinski definition) is 4. The van der Waals surface area contributed by atoms with Gasteiger partial charge in [-0.15, -0.1) is 0 Å². The van der Waals surface area contributed by atoms with Crippen molar-refractivity contribution in [2.24, 2.45) is 0 Å². The summed E-state index contributed by atoms with van der Waals surface area (Å²) in [4.78, 5) is 17.4. The molecule has 1 aliphatic rings. The molecule has 3 aromatic carbocycles. The standard InChI is InChI=1S/C30H30FN3O6/c1-19(35)25-26(36)29(31,38)30(40-25,34-18-17-24(32)33-27(34)37)28(20-9-5-3-6-10-20,21-11-7-4-8-12-21)22-13-15-23(39-2)16-14-22/h3-19,25-26,35-36,38H,1-2H3,(H2,32,33,37)/t19?,25-,26-,29-,30-/m1/s1. The van der Waals surface area contributed by atoms with Gasteiger partial charge in [-0.3, -0.25) is 4.57 Å². The van der Waals surface area contributed by atoms with Crippen molar-refractivity contribution in [3.8, 4) is 5.75 Å². The minimum Gasteiger partial charge on any atom is -0.497 e. The molecule has 5 atom stereocenters. The van der Waals surface area contributed by atoms with Crippen LogP contribution in [0.5, 0.6) is 5.75 Å². The summed E-state index contributed by atoms with van der Waals surface area (Å²) in [6, 6.07) is 25.2. The highest BCUT2D eigenvalue weighted by atomic mass is 19.2. The highest BCUT2D eigenvalue weighted by Crippen LogP contribution is 2.61. The van der Waals surface area contributed by atoms with Crippen molar-refractivity contribution in [2.45, 2.75) is 42.2 Å². The van der Waals surface area contributed by atoms with Gasteiger partial charge in [-0.2, -0.15) is 4.98 Å². The summed E-state index contributed by atoms with van der Waals surface area (Å²) in [5, 5.41) is 33.7. The van der Waals surface area contributed by atoms with Crippen LogP contribution in [0.4, 0.5) is 10.2 Å². The summed E-state index contributed by atoms with van der Waals surface area (Å²) < 4.78 is 29.9. The largest absolute Gasteiger partial charge is 0.497 e. The monoisotopic (exact) mass is 547 g/mol. The van der Waals surface area contributed by atoms with Crippen molar-refractivity contribution in [2.75, 3.05) is 12.8 Å². The molecule has 4 aromatic rings. The van der Waals surface area contributed by atoms with E-state index in [9.17, 15) is 20.1 Å². The van der Waals surface area contributed by atoms with E-state index < -0.39 is 41.0 Å². The molecule has 5 N–H and O–H groups in total. The van der Waals surface area contributed by atoms with Gasteiger partial charge in [0.1, 0.15) is 23.8 Å². The molecule has 1 unspecified atom stereocenters. The van der Waals surface area contributed by atoms with E-state index in [1.54, 1.807) is 84.9 Å². The highest BCUT2D eigenvalue weighted by Gasteiger charge is 2.78. The SMILES string of the molecule is COc1ccc(C(c2ccccc2)(c2ccccc2)[C@@]2(n3ccc(N)nc3=O)O[C@H](C(C)O)[C@@H](O)[C@]2(O)F)cc1. The lowest BCUT2D eigenvalue weighted by atomic mass is 9.60. The van der Waals surface area contributed by atoms with Crippen LogP contribution in [0.1, 0.15) is 23.6 Å². The zero-order chi connectivity index (χ0) is 28.7. The highest BCUT2D eigenvalue weighted by molar-refractivity contribution is 5.56. The smallest absolute Gasteiger partial charge is 0.352 e. The molecule has 0 radical (unpaired) electrons. The number of anilines is 1. The summed E-state index contributed by atoms with van der Waals surface area (Å²) in [5.41, 5.74) is 1.29. The Balaban J connectivity index is 2.06. The molecule has 9 nitrogen and oxygen atoms in total. The van der Waals surface area contributed by atoms with Crippen LogP contribution in [0, 0.1) is 0 Å². The van der Waals surface area contributed by atoms with E-state index in [1.807, 2.05) is 0 Å². The molecular formula is C30H30FN3O6. The Bertz CT molecular complexity index is 1490. The lowest BCUT2D eigenvalue weighted by Gasteiger charge is -2.52. The number of halogens is 1. The number of nitrogens with zero attached hydrogens (tertiary/aromatic N) is 2. The molecule has 0 spiro atoms. The third-order valence-electron chi connectivity index (χ3n) is 7.57. The van der Waals surface area contributed by atoms with Gasteiger partial charge in [0.15, 0.2) is 0 Å². The van der Waals surface area contributed by atoms with Crippen molar-refractivity contribution in [1.29, 1.82) is 0 Å². The second kappa shape index (κ2) is 10.1. The number of alkyl halides is 1. The van der Waals surface area contributed by atoms with E-state index in [4.69, 9.17) is 15.2 Å². The minimum absolute atomic E-state index is 0.140. The fourth-order valence-electron chi connectivity index (χ4n) is 5.84. The van der Waals surface area contributed by atoms with Gasteiger partial charge < -0.3 is 30.5 Å². The van der Waals surface area contributed by atoms with Crippen molar-refractivity contribution >= 4 is 5.82 Å². The maximum absolute atomic E-state index is 17.4. The zero-order valence-electron chi connectivity index (χ0n) is 21.9. The van der Waals surface area contributed by atoms with Crippen LogP contribution in [0.25, 0.3) is 0 Å². The molecule has 0 aliphatic carbocycles. The van der Waals surface area contributed by atoms with Crippen molar-refractivity contribution in [3.63, 3.8) is 0 Å². The van der Waals surface area contributed by atoms with E-state index in [-0.39, 0.29) is 5.82 Å². The molecule has 40 heavy (non-hydrogen) atoms. The molecule has 0 amide bonds. The summed E-state index contributed by atoms with van der Waals surface area (Å²) in [5.74, 6) is -3.32. The Morgan fingerprint density at radius 2 is 1.52 bits per heavy atom. The number of nitrogens with two attached hydrogens (primary N) is 1. The van der Waals surface area contributed by atoms with Crippen LogP contribution >= 0.6 is 0 Å². The number of aliphatic hydroxyl groups is 3. The van der Waals surface area contributed by atoms with Crippen LogP contribution in [0.2, 0.25) is 0 Å². The van der Waals surface area contributed by atoms with Gasteiger partial charge in [0.25, 0.3) is 5.85 Å². The first kappa shape index (κ1) is 27.5. The molecule has 2 heterocycles. The van der Waals surface area contributed by atoms with Crippen LogP contribution in [0.3, 0.4) is 0 Å². The number of rotatable bonds is 7. The van der Waals surface area contributed by atoms with Gasteiger partial charge in [0.05, 0.1) is 18.6 Å². The molecule has 5 rings (SSSR count). The van der Waals surface area contributed by atoms with E-state index in [1.165, 1.54) is 20.1 Å². The van der Waals surface area contributed by atoms with Crippen molar-refractivity contribution in [3.05, 3.63) is 124 Å².